The van der Waals surface area contributed by atoms with Gasteiger partial charge in [0, 0.05) is 12.0 Å². The lowest BCUT2D eigenvalue weighted by atomic mass is 9.90. The Morgan fingerprint density at radius 2 is 2.05 bits per heavy atom. The molecule has 1 aliphatic rings. The predicted molar refractivity (Wildman–Crippen MR) is 91.5 cm³/mol. The molecule has 6 heteroatoms. The number of likely N-dealkylation sites (tertiary alicyclic amines) is 1. The summed E-state index contributed by atoms with van der Waals surface area (Å²) in [5.41, 5.74) is 6.12. The average molecular weight is 338 g/mol. The summed E-state index contributed by atoms with van der Waals surface area (Å²) in [4.78, 5) is 6.88. The molecule has 2 atom stereocenters. The first-order valence-corrected chi connectivity index (χ1v) is 7.15. The molecule has 1 aromatic rings. The summed E-state index contributed by atoms with van der Waals surface area (Å²) in [7, 11) is 0. The number of nitrogens with zero attached hydrogens (tertiary/aromatic N) is 2. The van der Waals surface area contributed by atoms with Crippen molar-refractivity contribution in [1.29, 1.82) is 0 Å². The van der Waals surface area contributed by atoms with Crippen molar-refractivity contribution in [2.75, 3.05) is 19.6 Å². The Hall–Kier alpha value is -0.290. The first-order chi connectivity index (χ1) is 8.75. The van der Waals surface area contributed by atoms with Gasteiger partial charge in [0.15, 0.2) is 0 Å². The maximum Gasteiger partial charge on any atom is 0.211 e. The maximum atomic E-state index is 5.94. The molecule has 1 fully saturated rings. The fraction of sp³-hybridized carbons (Fsp3) is 0.800. The molecule has 1 aliphatic heterocycles. The smallest absolute Gasteiger partial charge is 0.211 e. The second kappa shape index (κ2) is 7.32. The zero-order valence-electron chi connectivity index (χ0n) is 13.7. The molecule has 0 amide bonds. The van der Waals surface area contributed by atoms with Crippen molar-refractivity contribution in [3.63, 3.8) is 0 Å². The van der Waals surface area contributed by atoms with Crippen LogP contribution in [0.2, 0.25) is 0 Å². The van der Waals surface area contributed by atoms with Gasteiger partial charge in [-0.05, 0) is 31.8 Å². The molecule has 124 valence electrons. The number of nitrogens with two attached hydrogens (primary N) is 1. The second-order valence-corrected chi connectivity index (χ2v) is 7.22. The van der Waals surface area contributed by atoms with Crippen LogP contribution in [0.5, 0.6) is 0 Å². The zero-order chi connectivity index (χ0) is 14.3. The Morgan fingerprint density at radius 1 is 1.43 bits per heavy atom. The third kappa shape index (κ3) is 4.59. The van der Waals surface area contributed by atoms with E-state index in [1.54, 1.807) is 0 Å². The van der Waals surface area contributed by atoms with Gasteiger partial charge in [-0.2, -0.15) is 0 Å². The molecular formula is C15H29Cl2N3O. The molecule has 0 aromatic carbocycles. The van der Waals surface area contributed by atoms with Crippen LogP contribution in [0, 0.1) is 5.41 Å². The molecule has 0 aliphatic carbocycles. The van der Waals surface area contributed by atoms with Gasteiger partial charge in [-0.1, -0.05) is 27.7 Å². The van der Waals surface area contributed by atoms with E-state index in [9.17, 15) is 0 Å². The van der Waals surface area contributed by atoms with E-state index in [0.717, 1.165) is 37.7 Å². The van der Waals surface area contributed by atoms with Crippen LogP contribution < -0.4 is 5.73 Å². The minimum Gasteiger partial charge on any atom is -0.443 e. The van der Waals surface area contributed by atoms with Gasteiger partial charge in [0.2, 0.25) is 5.89 Å². The SMILES string of the molecule is CC(c1ncc(C(C)(C)C)o1)N1CCC(C)(CN)C1.Cl.Cl. The molecule has 1 saturated heterocycles. The third-order valence-electron chi connectivity index (χ3n) is 4.25. The number of oxazole rings is 1. The molecule has 2 heterocycles. The lowest BCUT2D eigenvalue weighted by molar-refractivity contribution is 0.194. The summed E-state index contributed by atoms with van der Waals surface area (Å²) in [5, 5.41) is 0. The van der Waals surface area contributed by atoms with Crippen molar-refractivity contribution in [3.8, 4) is 0 Å². The first-order valence-electron chi connectivity index (χ1n) is 7.15. The highest BCUT2D eigenvalue weighted by molar-refractivity contribution is 5.85. The minimum atomic E-state index is 0. The zero-order valence-corrected chi connectivity index (χ0v) is 15.3. The Labute approximate surface area is 140 Å². The number of hydrogen-bond acceptors (Lipinski definition) is 4. The van der Waals surface area contributed by atoms with Gasteiger partial charge in [-0.15, -0.1) is 24.8 Å². The second-order valence-electron chi connectivity index (χ2n) is 7.22. The van der Waals surface area contributed by atoms with E-state index >= 15 is 0 Å². The van der Waals surface area contributed by atoms with E-state index in [0.29, 0.717) is 0 Å². The van der Waals surface area contributed by atoms with Gasteiger partial charge < -0.3 is 10.2 Å². The van der Waals surface area contributed by atoms with E-state index in [4.69, 9.17) is 10.2 Å². The highest BCUT2D eigenvalue weighted by Crippen LogP contribution is 2.35. The summed E-state index contributed by atoms with van der Waals surface area (Å²) >= 11 is 0. The monoisotopic (exact) mass is 337 g/mol. The minimum absolute atomic E-state index is 0. The Kier molecular flexibility index (Phi) is 7.21. The fourth-order valence-corrected chi connectivity index (χ4v) is 2.54. The fourth-order valence-electron chi connectivity index (χ4n) is 2.54. The maximum absolute atomic E-state index is 5.94. The number of hydrogen-bond donors (Lipinski definition) is 1. The van der Waals surface area contributed by atoms with Crippen molar-refractivity contribution >= 4 is 24.8 Å². The average Bonchev–Trinajstić information content (AvgIpc) is 2.94. The Balaban J connectivity index is 0.00000200. The Bertz CT molecular complexity index is 444. The summed E-state index contributed by atoms with van der Waals surface area (Å²) in [6.45, 7) is 13.7. The molecule has 1 aromatic heterocycles. The van der Waals surface area contributed by atoms with Crippen LogP contribution in [0.3, 0.4) is 0 Å². The predicted octanol–water partition coefficient (Wildman–Crippen LogP) is 3.55. The van der Waals surface area contributed by atoms with Crippen LogP contribution in [0.15, 0.2) is 10.6 Å². The quantitative estimate of drug-likeness (QED) is 0.916. The van der Waals surface area contributed by atoms with Crippen molar-refractivity contribution in [2.24, 2.45) is 11.1 Å². The molecule has 2 rings (SSSR count). The summed E-state index contributed by atoms with van der Waals surface area (Å²) in [6.07, 6.45) is 3.02. The largest absolute Gasteiger partial charge is 0.443 e. The van der Waals surface area contributed by atoms with Crippen molar-refractivity contribution in [2.45, 2.75) is 52.5 Å². The van der Waals surface area contributed by atoms with E-state index in [-0.39, 0.29) is 41.7 Å². The lowest BCUT2D eigenvalue weighted by Crippen LogP contribution is -2.32. The van der Waals surface area contributed by atoms with Gasteiger partial charge in [0.1, 0.15) is 5.76 Å². The van der Waals surface area contributed by atoms with Gasteiger partial charge in [0.25, 0.3) is 0 Å². The summed E-state index contributed by atoms with van der Waals surface area (Å²) in [5.74, 6) is 1.78. The molecule has 0 radical (unpaired) electrons. The summed E-state index contributed by atoms with van der Waals surface area (Å²) in [6, 6.07) is 0.226. The molecule has 2 N–H and O–H groups in total. The Morgan fingerprint density at radius 3 is 2.48 bits per heavy atom. The first kappa shape index (κ1) is 20.7. The molecule has 0 spiro atoms. The van der Waals surface area contributed by atoms with Crippen LogP contribution in [0.4, 0.5) is 0 Å². The van der Waals surface area contributed by atoms with Crippen LogP contribution >= 0.6 is 24.8 Å². The van der Waals surface area contributed by atoms with Crippen LogP contribution in [0.1, 0.15) is 58.7 Å². The molecule has 0 bridgehead atoms. The van der Waals surface area contributed by atoms with E-state index in [1.807, 2.05) is 6.20 Å². The van der Waals surface area contributed by atoms with Crippen molar-refractivity contribution < 1.29 is 4.42 Å². The molecule has 0 saturated carbocycles. The standard InChI is InChI=1S/C15H27N3O.2ClH/c1-11(18-7-6-15(5,9-16)10-18)13-17-8-12(19-13)14(2,3)4;;/h8,11H,6-7,9-10,16H2,1-5H3;2*1H. The van der Waals surface area contributed by atoms with Gasteiger partial charge in [-0.3, -0.25) is 4.90 Å². The molecule has 21 heavy (non-hydrogen) atoms. The summed E-state index contributed by atoms with van der Waals surface area (Å²) < 4.78 is 5.94. The van der Waals surface area contributed by atoms with Crippen LogP contribution in [-0.4, -0.2) is 29.5 Å². The molecular weight excluding hydrogens is 309 g/mol. The van der Waals surface area contributed by atoms with Crippen LogP contribution in [-0.2, 0) is 5.41 Å². The van der Waals surface area contributed by atoms with Gasteiger partial charge in [-0.25, -0.2) is 4.98 Å². The topological polar surface area (TPSA) is 55.3 Å². The van der Waals surface area contributed by atoms with Gasteiger partial charge >= 0.3 is 0 Å². The van der Waals surface area contributed by atoms with Crippen molar-refractivity contribution in [3.05, 3.63) is 17.8 Å². The van der Waals surface area contributed by atoms with E-state index < -0.39 is 0 Å². The number of aromatic nitrogens is 1. The number of halogens is 2. The third-order valence-corrected chi connectivity index (χ3v) is 4.25. The molecule has 4 nitrogen and oxygen atoms in total. The number of rotatable bonds is 3. The lowest BCUT2D eigenvalue weighted by Gasteiger charge is -2.25. The van der Waals surface area contributed by atoms with Crippen molar-refractivity contribution in [1.82, 2.24) is 9.88 Å². The van der Waals surface area contributed by atoms with Gasteiger partial charge in [0.05, 0.1) is 12.2 Å². The normalized spacial score (nSPS) is 24.3. The highest BCUT2D eigenvalue weighted by Gasteiger charge is 2.36. The van der Waals surface area contributed by atoms with Crippen LogP contribution in [0.25, 0.3) is 0 Å². The molecule has 2 unspecified atom stereocenters. The van der Waals surface area contributed by atoms with E-state index in [2.05, 4.69) is 44.5 Å². The highest BCUT2D eigenvalue weighted by atomic mass is 35.5. The van der Waals surface area contributed by atoms with E-state index in [1.165, 1.54) is 0 Å².